The lowest BCUT2D eigenvalue weighted by molar-refractivity contribution is 0.660. The highest BCUT2D eigenvalue weighted by molar-refractivity contribution is 6.06. The van der Waals surface area contributed by atoms with Crippen LogP contribution < -0.4 is 4.90 Å². The fraction of sp³-hybridized carbons (Fsp3) is 0.115. The normalized spacial score (nSPS) is 14.3. The van der Waals surface area contributed by atoms with Crippen molar-refractivity contribution in [2.45, 2.75) is 38.5 Å². The van der Waals surface area contributed by atoms with Crippen molar-refractivity contribution in [2.75, 3.05) is 4.90 Å². The first kappa shape index (κ1) is 31.5. The van der Waals surface area contributed by atoms with Gasteiger partial charge in [-0.3, -0.25) is 0 Å². The Kier molecular flexibility index (Phi) is 6.94. The third-order valence-corrected chi connectivity index (χ3v) is 12.0. The number of hydrogen-bond donors (Lipinski definition) is 0. The molecule has 0 fully saturated rings. The van der Waals surface area contributed by atoms with Crippen LogP contribution in [0.2, 0.25) is 0 Å². The minimum absolute atomic E-state index is 0.116. The standard InChI is InChI=1S/C52H41N/c1-51(2)45-22-14-13-21-42(45)43-29-28-40(33-47(43)51)53(39-26-23-36(24-27-39)34-15-7-5-8-16-34)48-32-38-19-11-12-20-41(38)50-49(48)44-31-37(35-17-9-6-10-18-35)25-30-46(44)52(50,3)4/h5-33H,1-4H3. The van der Waals surface area contributed by atoms with Crippen LogP contribution in [-0.2, 0) is 10.8 Å². The average Bonchev–Trinajstić information content (AvgIpc) is 3.58. The molecule has 0 saturated carbocycles. The molecular formula is C52H41N. The fourth-order valence-corrected chi connectivity index (χ4v) is 9.36. The Morgan fingerprint density at radius 2 is 0.943 bits per heavy atom. The summed E-state index contributed by atoms with van der Waals surface area (Å²) in [5, 5.41) is 2.57. The summed E-state index contributed by atoms with van der Waals surface area (Å²) in [5.41, 5.74) is 18.9. The van der Waals surface area contributed by atoms with Gasteiger partial charge in [0.25, 0.3) is 0 Å². The van der Waals surface area contributed by atoms with E-state index in [1.54, 1.807) is 0 Å². The van der Waals surface area contributed by atoms with E-state index in [0.717, 1.165) is 5.69 Å². The summed E-state index contributed by atoms with van der Waals surface area (Å²) in [7, 11) is 0. The molecule has 0 aromatic heterocycles. The number of hydrogen-bond acceptors (Lipinski definition) is 1. The van der Waals surface area contributed by atoms with Crippen LogP contribution in [0, 0.1) is 0 Å². The van der Waals surface area contributed by atoms with E-state index in [0.29, 0.717) is 0 Å². The van der Waals surface area contributed by atoms with E-state index in [1.807, 2.05) is 0 Å². The monoisotopic (exact) mass is 679 g/mol. The zero-order valence-corrected chi connectivity index (χ0v) is 30.7. The number of fused-ring (bicyclic) bond motifs is 8. The van der Waals surface area contributed by atoms with Crippen LogP contribution >= 0.6 is 0 Å². The summed E-state index contributed by atoms with van der Waals surface area (Å²) in [4.78, 5) is 2.53. The molecule has 2 aliphatic rings. The number of rotatable bonds is 5. The second kappa shape index (κ2) is 11.7. The topological polar surface area (TPSA) is 3.24 Å². The zero-order chi connectivity index (χ0) is 35.9. The molecular weight excluding hydrogens is 639 g/mol. The molecule has 0 aliphatic heterocycles. The van der Waals surface area contributed by atoms with E-state index in [4.69, 9.17) is 0 Å². The van der Waals surface area contributed by atoms with E-state index >= 15 is 0 Å². The maximum atomic E-state index is 2.53. The molecule has 254 valence electrons. The Balaban J connectivity index is 1.26. The smallest absolute Gasteiger partial charge is 0.0549 e. The fourth-order valence-electron chi connectivity index (χ4n) is 9.36. The van der Waals surface area contributed by atoms with Crippen molar-refractivity contribution in [3.8, 4) is 44.5 Å². The molecule has 0 bridgehead atoms. The number of nitrogens with zero attached hydrogens (tertiary/aromatic N) is 1. The molecule has 0 saturated heterocycles. The van der Waals surface area contributed by atoms with Crippen molar-refractivity contribution in [1.29, 1.82) is 0 Å². The van der Waals surface area contributed by atoms with E-state index in [2.05, 4.69) is 209 Å². The molecule has 10 rings (SSSR count). The minimum Gasteiger partial charge on any atom is -0.310 e. The van der Waals surface area contributed by atoms with Crippen LogP contribution in [0.3, 0.4) is 0 Å². The van der Waals surface area contributed by atoms with Gasteiger partial charge in [0, 0.05) is 27.8 Å². The van der Waals surface area contributed by atoms with Crippen molar-refractivity contribution in [3.63, 3.8) is 0 Å². The Morgan fingerprint density at radius 3 is 1.70 bits per heavy atom. The van der Waals surface area contributed by atoms with Gasteiger partial charge >= 0.3 is 0 Å². The van der Waals surface area contributed by atoms with Crippen LogP contribution in [0.25, 0.3) is 55.3 Å². The highest BCUT2D eigenvalue weighted by atomic mass is 15.1. The minimum atomic E-state index is -0.195. The largest absolute Gasteiger partial charge is 0.310 e. The number of benzene rings is 8. The molecule has 1 nitrogen and oxygen atoms in total. The van der Waals surface area contributed by atoms with E-state index in [-0.39, 0.29) is 10.8 Å². The Bertz CT molecular complexity index is 2700. The lowest BCUT2D eigenvalue weighted by atomic mass is 9.79. The molecule has 0 amide bonds. The lowest BCUT2D eigenvalue weighted by Gasteiger charge is -2.31. The molecule has 0 radical (unpaired) electrons. The van der Waals surface area contributed by atoms with Crippen LogP contribution in [0.5, 0.6) is 0 Å². The van der Waals surface area contributed by atoms with Crippen LogP contribution in [0.15, 0.2) is 176 Å². The first-order valence-electron chi connectivity index (χ1n) is 18.8. The summed E-state index contributed by atoms with van der Waals surface area (Å²) in [6, 6.07) is 65.2. The van der Waals surface area contributed by atoms with Gasteiger partial charge in [-0.1, -0.05) is 167 Å². The molecule has 0 N–H and O–H groups in total. The molecule has 2 aliphatic carbocycles. The second-order valence-electron chi connectivity index (χ2n) is 15.8. The Labute approximate surface area is 312 Å². The zero-order valence-electron chi connectivity index (χ0n) is 30.7. The summed E-state index contributed by atoms with van der Waals surface area (Å²) in [6.45, 7) is 9.56. The van der Waals surface area contributed by atoms with Gasteiger partial charge in [0.05, 0.1) is 5.69 Å². The summed E-state index contributed by atoms with van der Waals surface area (Å²) >= 11 is 0. The maximum Gasteiger partial charge on any atom is 0.0549 e. The van der Waals surface area contributed by atoms with Crippen molar-refractivity contribution < 1.29 is 0 Å². The lowest BCUT2D eigenvalue weighted by Crippen LogP contribution is -2.18. The van der Waals surface area contributed by atoms with E-state index < -0.39 is 0 Å². The second-order valence-corrected chi connectivity index (χ2v) is 15.8. The first-order chi connectivity index (χ1) is 25.8. The molecule has 8 aromatic rings. The van der Waals surface area contributed by atoms with Gasteiger partial charge in [-0.2, -0.15) is 0 Å². The molecule has 0 spiro atoms. The van der Waals surface area contributed by atoms with Crippen LogP contribution in [0.1, 0.15) is 49.9 Å². The number of anilines is 3. The van der Waals surface area contributed by atoms with E-state index in [1.165, 1.54) is 88.9 Å². The third-order valence-electron chi connectivity index (χ3n) is 12.0. The molecule has 8 aromatic carbocycles. The van der Waals surface area contributed by atoms with Crippen LogP contribution in [-0.4, -0.2) is 0 Å². The maximum absolute atomic E-state index is 2.53. The molecule has 53 heavy (non-hydrogen) atoms. The summed E-state index contributed by atoms with van der Waals surface area (Å²) in [6.07, 6.45) is 0. The molecule has 0 unspecified atom stereocenters. The van der Waals surface area contributed by atoms with Gasteiger partial charge in [0.15, 0.2) is 0 Å². The van der Waals surface area contributed by atoms with Crippen molar-refractivity contribution in [1.82, 2.24) is 0 Å². The van der Waals surface area contributed by atoms with Gasteiger partial charge in [0.1, 0.15) is 0 Å². The predicted molar refractivity (Wildman–Crippen MR) is 225 cm³/mol. The first-order valence-corrected chi connectivity index (χ1v) is 18.8. The SMILES string of the molecule is CC1(C)c2ccccc2-c2ccc(N(c3ccc(-c4ccccc4)cc3)c3cc4ccccc4c4c3-c3cc(-c5ccccc5)ccc3C4(C)C)cc21. The highest BCUT2D eigenvalue weighted by Gasteiger charge is 2.41. The average molecular weight is 680 g/mol. The Morgan fingerprint density at radius 1 is 0.377 bits per heavy atom. The van der Waals surface area contributed by atoms with Gasteiger partial charge in [-0.05, 0) is 108 Å². The predicted octanol–water partition coefficient (Wildman–Crippen LogP) is 14.3. The van der Waals surface area contributed by atoms with Gasteiger partial charge in [0.2, 0.25) is 0 Å². The molecule has 0 heterocycles. The third kappa shape index (κ3) is 4.77. The van der Waals surface area contributed by atoms with Crippen molar-refractivity contribution in [2.24, 2.45) is 0 Å². The van der Waals surface area contributed by atoms with Crippen LogP contribution in [0.4, 0.5) is 17.1 Å². The quantitative estimate of drug-likeness (QED) is 0.175. The van der Waals surface area contributed by atoms with E-state index in [9.17, 15) is 0 Å². The summed E-state index contributed by atoms with van der Waals surface area (Å²) < 4.78 is 0. The highest BCUT2D eigenvalue weighted by Crippen LogP contribution is 2.58. The summed E-state index contributed by atoms with van der Waals surface area (Å²) in [5.74, 6) is 0. The van der Waals surface area contributed by atoms with Gasteiger partial charge in [-0.15, -0.1) is 0 Å². The van der Waals surface area contributed by atoms with Gasteiger partial charge in [-0.25, -0.2) is 0 Å². The van der Waals surface area contributed by atoms with Crippen molar-refractivity contribution >= 4 is 27.8 Å². The van der Waals surface area contributed by atoms with Crippen molar-refractivity contribution in [3.05, 3.63) is 198 Å². The molecule has 1 heteroatoms. The van der Waals surface area contributed by atoms with Gasteiger partial charge < -0.3 is 4.90 Å². The Hall–Kier alpha value is -6.18. The molecule has 0 atom stereocenters.